The SMILES string of the molecule is Fc1cc(F)c(Nc2nc3cnc(Nc4ccc(F)c(F)c4)nc3n2C2CCOCC2)c(F)c1. The largest absolute Gasteiger partial charge is 0.381 e. The van der Waals surface area contributed by atoms with Crippen molar-refractivity contribution in [1.82, 2.24) is 19.5 Å². The van der Waals surface area contributed by atoms with Gasteiger partial charge in [0.1, 0.15) is 17.0 Å². The monoisotopic (exact) mass is 476 g/mol. The van der Waals surface area contributed by atoms with Gasteiger partial charge in [0.25, 0.3) is 0 Å². The van der Waals surface area contributed by atoms with Crippen molar-refractivity contribution >= 4 is 34.4 Å². The van der Waals surface area contributed by atoms with Crippen molar-refractivity contribution in [2.24, 2.45) is 0 Å². The summed E-state index contributed by atoms with van der Waals surface area (Å²) in [5.41, 5.74) is 0.340. The van der Waals surface area contributed by atoms with Crippen LogP contribution >= 0.6 is 0 Å². The highest BCUT2D eigenvalue weighted by molar-refractivity contribution is 5.77. The number of nitrogens with one attached hydrogen (secondary N) is 2. The Balaban J connectivity index is 1.57. The third-order valence-corrected chi connectivity index (χ3v) is 5.41. The molecule has 0 spiro atoms. The Morgan fingerprint density at radius 3 is 2.29 bits per heavy atom. The van der Waals surface area contributed by atoms with E-state index in [1.165, 1.54) is 12.3 Å². The molecule has 0 radical (unpaired) electrons. The van der Waals surface area contributed by atoms with Gasteiger partial charge in [-0.3, -0.25) is 4.57 Å². The fourth-order valence-electron chi connectivity index (χ4n) is 3.80. The molecule has 34 heavy (non-hydrogen) atoms. The molecule has 0 atom stereocenters. The van der Waals surface area contributed by atoms with E-state index in [-0.39, 0.29) is 23.6 Å². The Kier molecular flexibility index (Phi) is 5.74. The van der Waals surface area contributed by atoms with E-state index in [0.717, 1.165) is 12.1 Å². The van der Waals surface area contributed by atoms with Crippen LogP contribution in [0.5, 0.6) is 0 Å². The van der Waals surface area contributed by atoms with Crippen LogP contribution in [0.3, 0.4) is 0 Å². The standard InChI is InChI=1S/C22H17F5N6O/c23-11-7-16(26)19(17(27)8-11)31-22-30-18-10-28-21(29-12-1-2-14(24)15(25)9-12)32-20(18)33(22)13-3-5-34-6-4-13/h1-2,7-10,13H,3-6H2,(H,30,31)(H,28,29,32). The lowest BCUT2D eigenvalue weighted by molar-refractivity contribution is 0.0710. The summed E-state index contributed by atoms with van der Waals surface area (Å²) in [5.74, 6) is -5.13. The summed E-state index contributed by atoms with van der Waals surface area (Å²) in [4.78, 5) is 13.0. The van der Waals surface area contributed by atoms with Crippen LogP contribution < -0.4 is 10.6 Å². The first kappa shape index (κ1) is 22.0. The summed E-state index contributed by atoms with van der Waals surface area (Å²) in [6.07, 6.45) is 2.57. The summed E-state index contributed by atoms with van der Waals surface area (Å²) in [7, 11) is 0. The van der Waals surface area contributed by atoms with Gasteiger partial charge in [-0.2, -0.15) is 4.98 Å². The van der Waals surface area contributed by atoms with Crippen LogP contribution in [0.15, 0.2) is 36.5 Å². The number of aromatic nitrogens is 4. The third-order valence-electron chi connectivity index (χ3n) is 5.41. The lowest BCUT2D eigenvalue weighted by atomic mass is 10.1. The third kappa shape index (κ3) is 4.23. The molecule has 0 unspecified atom stereocenters. The van der Waals surface area contributed by atoms with E-state index in [0.29, 0.717) is 49.4 Å². The second kappa shape index (κ2) is 8.86. The van der Waals surface area contributed by atoms with Crippen molar-refractivity contribution in [3.63, 3.8) is 0 Å². The molecule has 7 nitrogen and oxygen atoms in total. The molecule has 2 N–H and O–H groups in total. The highest BCUT2D eigenvalue weighted by Crippen LogP contribution is 2.33. The smallest absolute Gasteiger partial charge is 0.229 e. The zero-order valence-electron chi connectivity index (χ0n) is 17.5. The Morgan fingerprint density at radius 1 is 0.853 bits per heavy atom. The molecule has 176 valence electrons. The van der Waals surface area contributed by atoms with Crippen LogP contribution in [0.2, 0.25) is 0 Å². The zero-order chi connectivity index (χ0) is 23.8. The molecule has 5 rings (SSSR count). The van der Waals surface area contributed by atoms with Crippen molar-refractivity contribution in [3.05, 3.63) is 65.6 Å². The van der Waals surface area contributed by atoms with Gasteiger partial charge in [-0.1, -0.05) is 0 Å². The number of hydrogen-bond acceptors (Lipinski definition) is 6. The van der Waals surface area contributed by atoms with E-state index in [4.69, 9.17) is 4.74 Å². The Labute approximate surface area is 189 Å². The molecular weight excluding hydrogens is 459 g/mol. The van der Waals surface area contributed by atoms with E-state index in [1.54, 1.807) is 4.57 Å². The molecular formula is C22H17F5N6O. The van der Waals surface area contributed by atoms with Gasteiger partial charge in [-0.05, 0) is 25.0 Å². The first-order valence-electron chi connectivity index (χ1n) is 10.4. The predicted molar refractivity (Wildman–Crippen MR) is 114 cm³/mol. The number of rotatable bonds is 5. The molecule has 0 bridgehead atoms. The highest BCUT2D eigenvalue weighted by atomic mass is 19.2. The van der Waals surface area contributed by atoms with Crippen molar-refractivity contribution in [2.45, 2.75) is 18.9 Å². The molecule has 12 heteroatoms. The van der Waals surface area contributed by atoms with Gasteiger partial charge < -0.3 is 15.4 Å². The molecule has 0 amide bonds. The van der Waals surface area contributed by atoms with E-state index < -0.39 is 34.8 Å². The van der Waals surface area contributed by atoms with Crippen LogP contribution in [0.1, 0.15) is 18.9 Å². The molecule has 1 fully saturated rings. The minimum Gasteiger partial charge on any atom is -0.381 e. The number of imidazole rings is 1. The van der Waals surface area contributed by atoms with Gasteiger partial charge in [-0.15, -0.1) is 0 Å². The fraction of sp³-hybridized carbons (Fsp3) is 0.227. The number of ether oxygens (including phenoxy) is 1. The number of nitrogens with zero attached hydrogens (tertiary/aromatic N) is 4. The second-order valence-electron chi connectivity index (χ2n) is 7.67. The predicted octanol–water partition coefficient (Wildman–Crippen LogP) is 5.36. The number of hydrogen-bond donors (Lipinski definition) is 2. The van der Waals surface area contributed by atoms with Crippen LogP contribution in [0, 0.1) is 29.1 Å². The minimum atomic E-state index is -1.12. The lowest BCUT2D eigenvalue weighted by Gasteiger charge is -2.25. The molecule has 1 saturated heterocycles. The number of halogens is 5. The lowest BCUT2D eigenvalue weighted by Crippen LogP contribution is -2.21. The molecule has 1 aliphatic heterocycles. The van der Waals surface area contributed by atoms with Crippen LogP contribution in [0.25, 0.3) is 11.2 Å². The maximum Gasteiger partial charge on any atom is 0.229 e. The van der Waals surface area contributed by atoms with Gasteiger partial charge in [0.05, 0.1) is 6.20 Å². The first-order valence-corrected chi connectivity index (χ1v) is 10.4. The first-order chi connectivity index (χ1) is 16.4. The van der Waals surface area contributed by atoms with Crippen molar-refractivity contribution in [2.75, 3.05) is 23.8 Å². The number of fused-ring (bicyclic) bond motifs is 1. The van der Waals surface area contributed by atoms with Gasteiger partial charge in [0.2, 0.25) is 11.9 Å². The Bertz CT molecular complexity index is 1350. The highest BCUT2D eigenvalue weighted by Gasteiger charge is 2.25. The van der Waals surface area contributed by atoms with E-state index in [9.17, 15) is 22.0 Å². The molecule has 4 aromatic rings. The van der Waals surface area contributed by atoms with Crippen molar-refractivity contribution in [3.8, 4) is 0 Å². The molecule has 0 aliphatic carbocycles. The van der Waals surface area contributed by atoms with Gasteiger partial charge >= 0.3 is 0 Å². The van der Waals surface area contributed by atoms with Crippen LogP contribution in [0.4, 0.5) is 45.2 Å². The molecule has 2 aromatic carbocycles. The summed E-state index contributed by atoms with van der Waals surface area (Å²) >= 11 is 0. The molecule has 3 heterocycles. The average molecular weight is 476 g/mol. The maximum atomic E-state index is 14.3. The Hall–Kier alpha value is -3.80. The van der Waals surface area contributed by atoms with Crippen molar-refractivity contribution < 1.29 is 26.7 Å². The topological polar surface area (TPSA) is 76.9 Å². The van der Waals surface area contributed by atoms with Gasteiger partial charge in [-0.25, -0.2) is 31.9 Å². The quantitative estimate of drug-likeness (QED) is 0.378. The number of anilines is 4. The molecule has 0 saturated carbocycles. The van der Waals surface area contributed by atoms with Crippen LogP contribution in [-0.2, 0) is 4.74 Å². The number of benzene rings is 2. The van der Waals surface area contributed by atoms with Gasteiger partial charge in [0.15, 0.2) is 28.9 Å². The zero-order valence-corrected chi connectivity index (χ0v) is 17.5. The summed E-state index contributed by atoms with van der Waals surface area (Å²) in [6, 6.07) is 4.22. The fourth-order valence-corrected chi connectivity index (χ4v) is 3.80. The normalized spacial score (nSPS) is 14.5. The molecule has 2 aromatic heterocycles. The van der Waals surface area contributed by atoms with Crippen molar-refractivity contribution in [1.29, 1.82) is 0 Å². The average Bonchev–Trinajstić information content (AvgIpc) is 3.16. The Morgan fingerprint density at radius 2 is 1.59 bits per heavy atom. The maximum absolute atomic E-state index is 14.3. The second-order valence-corrected chi connectivity index (χ2v) is 7.67. The van der Waals surface area contributed by atoms with Crippen LogP contribution in [-0.4, -0.2) is 32.7 Å². The minimum absolute atomic E-state index is 0.0809. The van der Waals surface area contributed by atoms with Gasteiger partial charge in [0, 0.05) is 43.1 Å². The van der Waals surface area contributed by atoms with E-state index >= 15 is 0 Å². The summed E-state index contributed by atoms with van der Waals surface area (Å²) < 4.78 is 75.8. The molecule has 1 aliphatic rings. The summed E-state index contributed by atoms with van der Waals surface area (Å²) in [6.45, 7) is 0.933. The van der Waals surface area contributed by atoms with E-state index in [1.807, 2.05) is 0 Å². The summed E-state index contributed by atoms with van der Waals surface area (Å²) in [5, 5.41) is 5.42. The van der Waals surface area contributed by atoms with E-state index in [2.05, 4.69) is 25.6 Å².